The number of hydrogen-bond acceptors (Lipinski definition) is 2. The maximum atomic E-state index is 13.9. The molecule has 21 heavy (non-hydrogen) atoms. The van der Waals surface area contributed by atoms with Crippen LogP contribution in [0.25, 0.3) is 0 Å². The van der Waals surface area contributed by atoms with Gasteiger partial charge in [-0.3, -0.25) is 0 Å². The summed E-state index contributed by atoms with van der Waals surface area (Å²) in [6.45, 7) is 6.36. The summed E-state index contributed by atoms with van der Waals surface area (Å²) in [6, 6.07) is 11.4. The van der Waals surface area contributed by atoms with Crippen molar-refractivity contribution in [1.82, 2.24) is 5.32 Å². The van der Waals surface area contributed by atoms with Gasteiger partial charge in [0.1, 0.15) is 5.82 Å². The van der Waals surface area contributed by atoms with Crippen LogP contribution >= 0.6 is 11.3 Å². The second kappa shape index (κ2) is 8.30. The molecule has 114 valence electrons. The minimum absolute atomic E-state index is 0.0856. The fraction of sp³-hybridized carbons (Fsp3) is 0.444. The third kappa shape index (κ3) is 5.60. The molecule has 0 aliphatic heterocycles. The van der Waals surface area contributed by atoms with Gasteiger partial charge in [0.2, 0.25) is 0 Å². The number of nitrogens with one attached hydrogen (secondary N) is 1. The Bertz CT molecular complexity index is 522. The van der Waals surface area contributed by atoms with E-state index in [0.29, 0.717) is 11.8 Å². The lowest BCUT2D eigenvalue weighted by atomic mass is 9.95. The molecule has 1 aromatic carbocycles. The fourth-order valence-electron chi connectivity index (χ4n) is 2.48. The van der Waals surface area contributed by atoms with E-state index >= 15 is 0 Å². The van der Waals surface area contributed by atoms with Crippen LogP contribution in [0.1, 0.15) is 24.3 Å². The van der Waals surface area contributed by atoms with E-state index in [1.165, 1.54) is 4.88 Å². The summed E-state index contributed by atoms with van der Waals surface area (Å²) in [6.07, 6.45) is 1.80. The third-order valence-electron chi connectivity index (χ3n) is 3.52. The summed E-state index contributed by atoms with van der Waals surface area (Å²) in [7, 11) is 0. The van der Waals surface area contributed by atoms with Gasteiger partial charge in [-0.1, -0.05) is 38.1 Å². The molecule has 0 amide bonds. The van der Waals surface area contributed by atoms with Crippen LogP contribution in [0.4, 0.5) is 4.39 Å². The van der Waals surface area contributed by atoms with Crippen molar-refractivity contribution in [1.29, 1.82) is 0 Å². The number of hydrogen-bond donors (Lipinski definition) is 1. The maximum absolute atomic E-state index is 13.9. The van der Waals surface area contributed by atoms with Crippen molar-refractivity contribution < 1.29 is 4.39 Å². The first-order chi connectivity index (χ1) is 10.1. The first-order valence-electron chi connectivity index (χ1n) is 7.61. The monoisotopic (exact) mass is 305 g/mol. The van der Waals surface area contributed by atoms with Crippen molar-refractivity contribution in [2.45, 2.75) is 26.7 Å². The molecule has 1 heterocycles. The Kier molecular flexibility index (Phi) is 6.40. The molecule has 1 unspecified atom stereocenters. The molecule has 0 aliphatic carbocycles. The molecule has 1 atom stereocenters. The van der Waals surface area contributed by atoms with Gasteiger partial charge < -0.3 is 5.32 Å². The van der Waals surface area contributed by atoms with E-state index in [0.717, 1.165) is 31.5 Å². The average molecular weight is 305 g/mol. The van der Waals surface area contributed by atoms with E-state index in [2.05, 4.69) is 36.7 Å². The average Bonchev–Trinajstić information content (AvgIpc) is 2.93. The van der Waals surface area contributed by atoms with Crippen molar-refractivity contribution in [3.63, 3.8) is 0 Å². The molecule has 0 saturated heterocycles. The van der Waals surface area contributed by atoms with E-state index in [-0.39, 0.29) is 5.82 Å². The summed E-state index contributed by atoms with van der Waals surface area (Å²) in [5.41, 5.74) is 0.824. The van der Waals surface area contributed by atoms with Gasteiger partial charge in [-0.05, 0) is 60.8 Å². The minimum Gasteiger partial charge on any atom is -0.316 e. The van der Waals surface area contributed by atoms with Crippen LogP contribution in [-0.2, 0) is 12.8 Å². The summed E-state index contributed by atoms with van der Waals surface area (Å²) >= 11 is 1.78. The maximum Gasteiger partial charge on any atom is 0.126 e. The quantitative estimate of drug-likeness (QED) is 0.755. The summed E-state index contributed by atoms with van der Waals surface area (Å²) < 4.78 is 13.9. The predicted molar refractivity (Wildman–Crippen MR) is 89.3 cm³/mol. The van der Waals surface area contributed by atoms with Gasteiger partial charge in [-0.25, -0.2) is 4.39 Å². The van der Waals surface area contributed by atoms with Crippen LogP contribution in [0.2, 0.25) is 0 Å². The molecular weight excluding hydrogens is 281 g/mol. The molecule has 2 aromatic rings. The second-order valence-electron chi connectivity index (χ2n) is 6.00. The van der Waals surface area contributed by atoms with Crippen molar-refractivity contribution in [3.8, 4) is 0 Å². The molecule has 0 spiro atoms. The van der Waals surface area contributed by atoms with Crippen molar-refractivity contribution >= 4 is 11.3 Å². The normalized spacial score (nSPS) is 12.8. The van der Waals surface area contributed by atoms with Crippen LogP contribution in [0.3, 0.4) is 0 Å². The molecule has 0 bridgehead atoms. The van der Waals surface area contributed by atoms with Gasteiger partial charge in [0.15, 0.2) is 0 Å². The lowest BCUT2D eigenvalue weighted by molar-refractivity contribution is 0.441. The molecule has 1 nitrogen and oxygen atoms in total. The summed E-state index contributed by atoms with van der Waals surface area (Å²) in [4.78, 5) is 1.38. The first kappa shape index (κ1) is 16.2. The van der Waals surface area contributed by atoms with Crippen LogP contribution < -0.4 is 5.32 Å². The number of benzene rings is 1. The largest absolute Gasteiger partial charge is 0.316 e. The molecule has 0 radical (unpaired) electrons. The van der Waals surface area contributed by atoms with Crippen LogP contribution in [0, 0.1) is 17.7 Å². The Morgan fingerprint density at radius 3 is 2.52 bits per heavy atom. The van der Waals surface area contributed by atoms with Crippen molar-refractivity contribution in [2.24, 2.45) is 11.8 Å². The highest BCUT2D eigenvalue weighted by molar-refractivity contribution is 7.09. The Hall–Kier alpha value is -1.19. The molecule has 2 rings (SSSR count). The number of thiophene rings is 1. The van der Waals surface area contributed by atoms with Crippen molar-refractivity contribution in [2.75, 3.05) is 13.1 Å². The lowest BCUT2D eigenvalue weighted by Crippen LogP contribution is -2.28. The van der Waals surface area contributed by atoms with E-state index < -0.39 is 0 Å². The van der Waals surface area contributed by atoms with Gasteiger partial charge in [0.25, 0.3) is 0 Å². The number of rotatable bonds is 8. The molecule has 1 N–H and O–H groups in total. The molecule has 1 aromatic heterocycles. The predicted octanol–water partition coefficient (Wildman–Crippen LogP) is 4.53. The molecule has 0 saturated carbocycles. The van der Waals surface area contributed by atoms with Gasteiger partial charge in [0.05, 0.1) is 0 Å². The molecular formula is C18H24FNS. The SMILES string of the molecule is CC(C)CNCC(Cc1cccs1)Cc1ccccc1F. The smallest absolute Gasteiger partial charge is 0.126 e. The second-order valence-corrected chi connectivity index (χ2v) is 7.03. The topological polar surface area (TPSA) is 12.0 Å². The Balaban J connectivity index is 1.98. The standard InChI is InChI=1S/C18H24FNS/c1-14(2)12-20-13-15(11-17-7-5-9-21-17)10-16-6-3-4-8-18(16)19/h3-9,14-15,20H,10-13H2,1-2H3. The zero-order valence-electron chi connectivity index (χ0n) is 12.8. The zero-order valence-corrected chi connectivity index (χ0v) is 13.6. The van der Waals surface area contributed by atoms with Crippen LogP contribution in [0.5, 0.6) is 0 Å². The Morgan fingerprint density at radius 1 is 1.05 bits per heavy atom. The highest BCUT2D eigenvalue weighted by atomic mass is 32.1. The van der Waals surface area contributed by atoms with Crippen LogP contribution in [-0.4, -0.2) is 13.1 Å². The third-order valence-corrected chi connectivity index (χ3v) is 4.42. The van der Waals surface area contributed by atoms with Gasteiger partial charge >= 0.3 is 0 Å². The summed E-state index contributed by atoms with van der Waals surface area (Å²) in [5.74, 6) is 0.984. The lowest BCUT2D eigenvalue weighted by Gasteiger charge is -2.18. The van der Waals surface area contributed by atoms with Gasteiger partial charge in [-0.2, -0.15) is 0 Å². The Morgan fingerprint density at radius 2 is 1.86 bits per heavy atom. The van der Waals surface area contributed by atoms with Gasteiger partial charge in [-0.15, -0.1) is 11.3 Å². The molecule has 3 heteroatoms. The van der Waals surface area contributed by atoms with Gasteiger partial charge in [0, 0.05) is 4.88 Å². The fourth-order valence-corrected chi connectivity index (χ4v) is 3.30. The van der Waals surface area contributed by atoms with E-state index in [1.54, 1.807) is 23.5 Å². The van der Waals surface area contributed by atoms with E-state index in [9.17, 15) is 4.39 Å². The van der Waals surface area contributed by atoms with E-state index in [4.69, 9.17) is 0 Å². The first-order valence-corrected chi connectivity index (χ1v) is 8.49. The Labute approximate surface area is 131 Å². The van der Waals surface area contributed by atoms with E-state index in [1.807, 2.05) is 12.1 Å². The highest BCUT2D eigenvalue weighted by Gasteiger charge is 2.14. The number of halogens is 1. The zero-order chi connectivity index (χ0) is 15.1. The minimum atomic E-state index is -0.0856. The summed E-state index contributed by atoms with van der Waals surface area (Å²) in [5, 5.41) is 5.63. The van der Waals surface area contributed by atoms with Crippen molar-refractivity contribution in [3.05, 3.63) is 58.0 Å². The highest BCUT2D eigenvalue weighted by Crippen LogP contribution is 2.19. The molecule has 0 aliphatic rings. The molecule has 0 fully saturated rings. The van der Waals surface area contributed by atoms with Crippen LogP contribution in [0.15, 0.2) is 41.8 Å².